The van der Waals surface area contributed by atoms with Crippen LogP contribution in [0.15, 0.2) is 97.1 Å². The molecule has 0 bridgehead atoms. The number of carbonyl (C=O) groups is 1. The smallest absolute Gasteiger partial charge is 0.193 e. The molecule has 4 aromatic rings. The van der Waals surface area contributed by atoms with Crippen LogP contribution in [-0.4, -0.2) is 5.78 Å². The van der Waals surface area contributed by atoms with Crippen molar-refractivity contribution in [1.82, 2.24) is 0 Å². The highest BCUT2D eigenvalue weighted by Crippen LogP contribution is 2.40. The average Bonchev–Trinajstić information content (AvgIpc) is 2.84. The molecule has 0 amide bonds. The molecule has 0 fully saturated rings. The van der Waals surface area contributed by atoms with Gasteiger partial charge in [-0.3, -0.25) is 4.79 Å². The predicted octanol–water partition coefficient (Wildman–Crippen LogP) is 7.13. The van der Waals surface area contributed by atoms with Crippen molar-refractivity contribution in [2.75, 3.05) is 0 Å². The van der Waals surface area contributed by atoms with Gasteiger partial charge in [-0.15, -0.1) is 0 Å². The van der Waals surface area contributed by atoms with Crippen LogP contribution in [0.2, 0.25) is 0 Å². The molecule has 4 aromatic carbocycles. The van der Waals surface area contributed by atoms with Crippen LogP contribution in [0.25, 0.3) is 22.3 Å². The Morgan fingerprint density at radius 3 is 1.67 bits per heavy atom. The van der Waals surface area contributed by atoms with E-state index in [4.69, 9.17) is 0 Å². The van der Waals surface area contributed by atoms with Crippen molar-refractivity contribution < 1.29 is 4.79 Å². The summed E-state index contributed by atoms with van der Waals surface area (Å²) in [4.78, 5) is 13.8. The second kappa shape index (κ2) is 8.12. The highest BCUT2D eigenvalue weighted by atomic mass is 16.1. The van der Waals surface area contributed by atoms with E-state index in [0.717, 1.165) is 41.5 Å². The Morgan fingerprint density at radius 1 is 0.567 bits per heavy atom. The highest BCUT2D eigenvalue weighted by Gasteiger charge is 2.26. The molecule has 1 aliphatic rings. The van der Waals surface area contributed by atoms with Gasteiger partial charge in [0, 0.05) is 11.1 Å². The lowest BCUT2D eigenvalue weighted by Crippen LogP contribution is -2.15. The Bertz CT molecular complexity index is 1180. The van der Waals surface area contributed by atoms with E-state index in [2.05, 4.69) is 48.5 Å². The lowest BCUT2D eigenvalue weighted by molar-refractivity contribution is 0.103. The topological polar surface area (TPSA) is 17.1 Å². The Labute approximate surface area is 178 Å². The van der Waals surface area contributed by atoms with Crippen LogP contribution in [0.3, 0.4) is 0 Å². The molecule has 1 nitrogen and oxygen atoms in total. The first-order chi connectivity index (χ1) is 14.8. The molecule has 0 heterocycles. The number of carbonyl (C=O) groups excluding carboxylic acids is 1. The van der Waals surface area contributed by atoms with Gasteiger partial charge in [-0.05, 0) is 65.1 Å². The summed E-state index contributed by atoms with van der Waals surface area (Å²) in [5.41, 5.74) is 8.89. The molecular formula is C29H24O. The number of benzene rings is 4. The fourth-order valence-electron chi connectivity index (χ4n) is 4.66. The minimum absolute atomic E-state index is 0.132. The summed E-state index contributed by atoms with van der Waals surface area (Å²) in [6, 6.07) is 32.9. The molecular weight excluding hydrogens is 364 g/mol. The van der Waals surface area contributed by atoms with Crippen LogP contribution in [0.1, 0.15) is 39.9 Å². The van der Waals surface area contributed by atoms with E-state index in [1.54, 1.807) is 0 Å². The first-order valence-electron chi connectivity index (χ1n) is 10.7. The van der Waals surface area contributed by atoms with Crippen molar-refractivity contribution in [2.24, 2.45) is 0 Å². The number of hydrogen-bond donors (Lipinski definition) is 0. The van der Waals surface area contributed by atoms with Gasteiger partial charge in [0.05, 0.1) is 0 Å². The fraction of sp³-hybridized carbons (Fsp3) is 0.138. The van der Waals surface area contributed by atoms with Gasteiger partial charge in [0.15, 0.2) is 5.78 Å². The summed E-state index contributed by atoms with van der Waals surface area (Å²) >= 11 is 0. The quantitative estimate of drug-likeness (QED) is 0.340. The molecule has 5 rings (SSSR count). The van der Waals surface area contributed by atoms with Crippen molar-refractivity contribution in [3.63, 3.8) is 0 Å². The van der Waals surface area contributed by atoms with Crippen LogP contribution in [0.4, 0.5) is 0 Å². The molecule has 0 aromatic heterocycles. The predicted molar refractivity (Wildman–Crippen MR) is 124 cm³/mol. The van der Waals surface area contributed by atoms with Crippen LogP contribution < -0.4 is 0 Å². The van der Waals surface area contributed by atoms with Gasteiger partial charge in [0.1, 0.15) is 0 Å². The number of ketones is 1. The molecule has 1 heteroatoms. The normalized spacial score (nSPS) is 12.9. The van der Waals surface area contributed by atoms with Crippen molar-refractivity contribution >= 4 is 5.78 Å². The zero-order valence-electron chi connectivity index (χ0n) is 17.0. The Kier molecular flexibility index (Phi) is 5.03. The monoisotopic (exact) mass is 388 g/mol. The summed E-state index contributed by atoms with van der Waals surface area (Å²) in [5.74, 6) is 0.132. The first-order valence-corrected chi connectivity index (χ1v) is 10.7. The summed E-state index contributed by atoms with van der Waals surface area (Å²) < 4.78 is 0. The van der Waals surface area contributed by atoms with Gasteiger partial charge >= 0.3 is 0 Å². The van der Waals surface area contributed by atoms with E-state index in [1.807, 2.05) is 48.5 Å². The van der Waals surface area contributed by atoms with E-state index in [1.165, 1.54) is 28.7 Å². The maximum Gasteiger partial charge on any atom is 0.193 e. The molecule has 30 heavy (non-hydrogen) atoms. The number of rotatable bonds is 4. The second-order valence-electron chi connectivity index (χ2n) is 7.94. The van der Waals surface area contributed by atoms with Crippen molar-refractivity contribution in [1.29, 1.82) is 0 Å². The van der Waals surface area contributed by atoms with E-state index < -0.39 is 0 Å². The zero-order valence-corrected chi connectivity index (χ0v) is 17.0. The number of fused-ring (bicyclic) bond motifs is 1. The molecule has 1 aliphatic carbocycles. The fourth-order valence-corrected chi connectivity index (χ4v) is 4.66. The largest absolute Gasteiger partial charge is 0.289 e. The molecule has 0 aliphatic heterocycles. The van der Waals surface area contributed by atoms with E-state index >= 15 is 0 Å². The number of hydrogen-bond acceptors (Lipinski definition) is 1. The van der Waals surface area contributed by atoms with Crippen LogP contribution >= 0.6 is 0 Å². The Balaban J connectivity index is 1.82. The lowest BCUT2D eigenvalue weighted by Gasteiger charge is -2.25. The third kappa shape index (κ3) is 3.37. The third-order valence-electron chi connectivity index (χ3n) is 6.09. The summed E-state index contributed by atoms with van der Waals surface area (Å²) in [6.07, 6.45) is 4.30. The SMILES string of the molecule is O=C(c1ccccc1)c1c(-c2ccccc2)cc(-c2ccccc2)c2c1CCCC2. The third-order valence-corrected chi connectivity index (χ3v) is 6.09. The van der Waals surface area contributed by atoms with Crippen LogP contribution in [0.5, 0.6) is 0 Å². The second-order valence-corrected chi connectivity index (χ2v) is 7.94. The van der Waals surface area contributed by atoms with Crippen LogP contribution in [-0.2, 0) is 12.8 Å². The summed E-state index contributed by atoms with van der Waals surface area (Å²) in [6.45, 7) is 0. The maximum absolute atomic E-state index is 13.8. The summed E-state index contributed by atoms with van der Waals surface area (Å²) in [7, 11) is 0. The molecule has 0 saturated heterocycles. The van der Waals surface area contributed by atoms with E-state index in [0.29, 0.717) is 0 Å². The molecule has 0 unspecified atom stereocenters. The van der Waals surface area contributed by atoms with Gasteiger partial charge in [-0.25, -0.2) is 0 Å². The molecule has 0 saturated carbocycles. The van der Waals surface area contributed by atoms with Gasteiger partial charge < -0.3 is 0 Å². The van der Waals surface area contributed by atoms with E-state index in [9.17, 15) is 4.79 Å². The van der Waals surface area contributed by atoms with Gasteiger partial charge in [-0.2, -0.15) is 0 Å². The minimum Gasteiger partial charge on any atom is -0.289 e. The summed E-state index contributed by atoms with van der Waals surface area (Å²) in [5, 5.41) is 0. The van der Waals surface area contributed by atoms with Crippen molar-refractivity contribution in [3.05, 3.63) is 119 Å². The molecule has 0 atom stereocenters. The van der Waals surface area contributed by atoms with Crippen LogP contribution in [0, 0.1) is 0 Å². The standard InChI is InChI=1S/C29H24O/c30-29(23-16-8-3-9-17-23)28-25-19-11-10-18-24(25)26(21-12-4-1-5-13-21)20-27(28)22-14-6-2-7-15-22/h1-9,12-17,20H,10-11,18-19H2. The molecule has 146 valence electrons. The molecule has 0 N–H and O–H groups in total. The van der Waals surface area contributed by atoms with Crippen molar-refractivity contribution in [3.8, 4) is 22.3 Å². The van der Waals surface area contributed by atoms with Gasteiger partial charge in [0.25, 0.3) is 0 Å². The lowest BCUT2D eigenvalue weighted by atomic mass is 9.78. The van der Waals surface area contributed by atoms with Crippen molar-refractivity contribution in [2.45, 2.75) is 25.7 Å². The Morgan fingerprint density at radius 2 is 1.07 bits per heavy atom. The zero-order chi connectivity index (χ0) is 20.3. The Hall–Kier alpha value is -3.45. The van der Waals surface area contributed by atoms with Gasteiger partial charge in [-0.1, -0.05) is 91.0 Å². The molecule has 0 spiro atoms. The van der Waals surface area contributed by atoms with Gasteiger partial charge in [0.2, 0.25) is 0 Å². The minimum atomic E-state index is 0.132. The first kappa shape index (κ1) is 18.6. The molecule has 0 radical (unpaired) electrons. The maximum atomic E-state index is 13.8. The highest BCUT2D eigenvalue weighted by molar-refractivity contribution is 6.14. The van der Waals surface area contributed by atoms with E-state index in [-0.39, 0.29) is 5.78 Å². The average molecular weight is 389 g/mol.